The van der Waals surface area contributed by atoms with Crippen LogP contribution in [0.5, 0.6) is 0 Å². The van der Waals surface area contributed by atoms with E-state index in [1.807, 2.05) is 23.3 Å². The highest BCUT2D eigenvalue weighted by Gasteiger charge is 2.47. The number of rotatable bonds is 4. The van der Waals surface area contributed by atoms with E-state index < -0.39 is 11.7 Å². The maximum Gasteiger partial charge on any atom is 0.417 e. The Labute approximate surface area is 186 Å². The molecule has 0 spiro atoms. The minimum Gasteiger partial charge on any atom is -0.365 e. The quantitative estimate of drug-likeness (QED) is 0.615. The predicted molar refractivity (Wildman–Crippen MR) is 114 cm³/mol. The molecule has 2 fully saturated rings. The van der Waals surface area contributed by atoms with Gasteiger partial charge in [0.25, 0.3) is 5.91 Å². The van der Waals surface area contributed by atoms with Gasteiger partial charge in [-0.2, -0.15) is 13.2 Å². The van der Waals surface area contributed by atoms with Gasteiger partial charge in [-0.05, 0) is 49.4 Å². The molecule has 0 radical (unpaired) electrons. The fourth-order valence-corrected chi connectivity index (χ4v) is 5.30. The smallest absolute Gasteiger partial charge is 0.365 e. The van der Waals surface area contributed by atoms with Gasteiger partial charge in [0.15, 0.2) is 0 Å². The average Bonchev–Trinajstić information content (AvgIpc) is 3.50. The molecule has 1 saturated heterocycles. The second-order valence-electron chi connectivity index (χ2n) is 8.29. The van der Waals surface area contributed by atoms with Crippen LogP contribution < -0.4 is 5.32 Å². The van der Waals surface area contributed by atoms with E-state index in [1.165, 1.54) is 17.4 Å². The predicted octanol–water partition coefficient (Wildman–Crippen LogP) is 4.64. The van der Waals surface area contributed by atoms with Gasteiger partial charge in [-0.15, -0.1) is 11.3 Å². The van der Waals surface area contributed by atoms with Crippen LogP contribution in [-0.4, -0.2) is 44.4 Å². The van der Waals surface area contributed by atoms with E-state index in [4.69, 9.17) is 0 Å². The lowest BCUT2D eigenvalue weighted by Crippen LogP contribution is -2.48. The van der Waals surface area contributed by atoms with E-state index in [0.29, 0.717) is 24.0 Å². The van der Waals surface area contributed by atoms with Crippen LogP contribution >= 0.6 is 11.3 Å². The zero-order chi connectivity index (χ0) is 22.5. The van der Waals surface area contributed by atoms with E-state index in [2.05, 4.69) is 20.3 Å². The molecule has 3 aromatic rings. The molecule has 1 saturated carbocycles. The summed E-state index contributed by atoms with van der Waals surface area (Å²) in [5.41, 5.74) is 1.27. The van der Waals surface area contributed by atoms with Crippen LogP contribution in [0.3, 0.4) is 0 Å². The summed E-state index contributed by atoms with van der Waals surface area (Å²) in [4.78, 5) is 28.0. The van der Waals surface area contributed by atoms with Gasteiger partial charge < -0.3 is 10.2 Å². The van der Waals surface area contributed by atoms with Gasteiger partial charge in [0.1, 0.15) is 16.5 Å². The SMILES string of the molecule is Cc1cnc(C(=O)N2C[C@@H]3C[C@@H](Nc4ccc(C(F)(F)F)cn4)[C@@H]2C3)c(-c2nccs2)c1. The molecular formula is C22H20F3N5OS. The molecule has 10 heteroatoms. The molecule has 1 amide bonds. The molecule has 6 nitrogen and oxygen atoms in total. The van der Waals surface area contributed by atoms with Gasteiger partial charge in [-0.1, -0.05) is 0 Å². The summed E-state index contributed by atoms with van der Waals surface area (Å²) >= 11 is 1.46. The maximum absolute atomic E-state index is 13.5. The van der Waals surface area contributed by atoms with Crippen molar-refractivity contribution in [1.82, 2.24) is 19.9 Å². The van der Waals surface area contributed by atoms with Crippen LogP contribution in [0.1, 0.15) is 34.5 Å². The summed E-state index contributed by atoms with van der Waals surface area (Å²) in [6, 6.07) is 4.14. The second-order valence-corrected chi connectivity index (χ2v) is 9.18. The molecule has 32 heavy (non-hydrogen) atoms. The average molecular weight is 459 g/mol. The number of amides is 1. The first kappa shape index (κ1) is 20.9. The third-order valence-corrected chi connectivity index (χ3v) is 6.86. The Morgan fingerprint density at radius 1 is 1.19 bits per heavy atom. The zero-order valence-corrected chi connectivity index (χ0v) is 18.0. The van der Waals surface area contributed by atoms with Crippen molar-refractivity contribution in [3.8, 4) is 10.6 Å². The van der Waals surface area contributed by atoms with Crippen LogP contribution in [0, 0.1) is 12.8 Å². The number of hydrogen-bond acceptors (Lipinski definition) is 6. The Balaban J connectivity index is 1.36. The Hall–Kier alpha value is -3.01. The molecule has 3 aromatic heterocycles. The number of aromatic nitrogens is 3. The first-order chi connectivity index (χ1) is 15.3. The van der Waals surface area contributed by atoms with Crippen molar-refractivity contribution in [2.45, 2.75) is 38.0 Å². The third-order valence-electron chi connectivity index (χ3n) is 6.06. The fourth-order valence-electron chi connectivity index (χ4n) is 4.65. The standard InChI is InChI=1S/C22H20F3N5OS/c1-12-6-15(20-26-4-5-32-20)19(28-9-12)21(31)30-11-13-7-16(17(30)8-13)29-18-3-2-14(10-27-18)22(23,24)25/h2-6,9-10,13,16-17H,7-8,11H2,1H3,(H,27,29)/t13-,16-,17+/m1/s1. The number of likely N-dealkylation sites (tertiary alicyclic amines) is 1. The fraction of sp³-hybridized carbons (Fsp3) is 0.364. The van der Waals surface area contributed by atoms with Crippen LogP contribution in [-0.2, 0) is 6.18 Å². The molecule has 2 aliphatic rings. The zero-order valence-electron chi connectivity index (χ0n) is 17.1. The third kappa shape index (κ3) is 3.83. The van der Waals surface area contributed by atoms with Gasteiger partial charge in [0.05, 0.1) is 11.6 Å². The molecule has 1 aliphatic carbocycles. The first-order valence-corrected chi connectivity index (χ1v) is 11.1. The molecule has 1 N–H and O–H groups in total. The van der Waals surface area contributed by atoms with E-state index in [1.54, 1.807) is 12.4 Å². The number of piperidine rings is 1. The van der Waals surface area contributed by atoms with Crippen molar-refractivity contribution >= 4 is 23.1 Å². The summed E-state index contributed by atoms with van der Waals surface area (Å²) in [5, 5.41) is 5.85. The Kier molecular flexibility index (Phi) is 5.11. The van der Waals surface area contributed by atoms with E-state index >= 15 is 0 Å². The lowest BCUT2D eigenvalue weighted by atomic mass is 10.0. The lowest BCUT2D eigenvalue weighted by molar-refractivity contribution is -0.137. The molecule has 5 rings (SSSR count). The topological polar surface area (TPSA) is 71.0 Å². The largest absolute Gasteiger partial charge is 0.417 e. The van der Waals surface area contributed by atoms with Gasteiger partial charge in [0.2, 0.25) is 0 Å². The Bertz CT molecular complexity index is 1130. The number of carbonyl (C=O) groups excluding carboxylic acids is 1. The van der Waals surface area contributed by atoms with Gasteiger partial charge in [-0.25, -0.2) is 9.97 Å². The summed E-state index contributed by atoms with van der Waals surface area (Å²) in [5.74, 6) is 0.569. The molecule has 2 bridgehead atoms. The van der Waals surface area contributed by atoms with Crippen LogP contribution in [0.4, 0.5) is 19.0 Å². The van der Waals surface area contributed by atoms with E-state index in [-0.39, 0.29) is 18.0 Å². The first-order valence-electron chi connectivity index (χ1n) is 10.3. The van der Waals surface area contributed by atoms with E-state index in [9.17, 15) is 18.0 Å². The molecule has 3 atom stereocenters. The highest BCUT2D eigenvalue weighted by atomic mass is 32.1. The Morgan fingerprint density at radius 3 is 2.69 bits per heavy atom. The maximum atomic E-state index is 13.5. The number of alkyl halides is 3. The number of halogens is 3. The molecule has 0 unspecified atom stereocenters. The number of nitrogens with zero attached hydrogens (tertiary/aromatic N) is 4. The number of nitrogens with one attached hydrogen (secondary N) is 1. The van der Waals surface area contributed by atoms with Gasteiger partial charge in [-0.3, -0.25) is 9.78 Å². The van der Waals surface area contributed by atoms with Crippen molar-refractivity contribution < 1.29 is 18.0 Å². The van der Waals surface area contributed by atoms with Gasteiger partial charge in [0, 0.05) is 42.1 Å². The van der Waals surface area contributed by atoms with Crippen LogP contribution in [0.25, 0.3) is 10.6 Å². The van der Waals surface area contributed by atoms with E-state index in [0.717, 1.165) is 41.2 Å². The number of carbonyl (C=O) groups is 1. The molecule has 0 aromatic carbocycles. The van der Waals surface area contributed by atoms with Crippen molar-refractivity contribution in [2.75, 3.05) is 11.9 Å². The van der Waals surface area contributed by atoms with Crippen molar-refractivity contribution in [3.05, 3.63) is 59.0 Å². The molecular weight excluding hydrogens is 439 g/mol. The minimum atomic E-state index is -4.42. The normalized spacial score (nSPS) is 22.4. The summed E-state index contributed by atoms with van der Waals surface area (Å²) < 4.78 is 38.4. The highest BCUT2D eigenvalue weighted by molar-refractivity contribution is 7.13. The molecule has 166 valence electrons. The number of pyridine rings is 2. The molecule has 1 aliphatic heterocycles. The Morgan fingerprint density at radius 2 is 2.03 bits per heavy atom. The van der Waals surface area contributed by atoms with Crippen molar-refractivity contribution in [3.63, 3.8) is 0 Å². The summed E-state index contributed by atoms with van der Waals surface area (Å²) in [7, 11) is 0. The van der Waals surface area contributed by atoms with Crippen LogP contribution in [0.2, 0.25) is 0 Å². The second kappa shape index (κ2) is 7.84. The number of hydrogen-bond donors (Lipinski definition) is 1. The summed E-state index contributed by atoms with van der Waals surface area (Å²) in [6.45, 7) is 2.57. The summed E-state index contributed by atoms with van der Waals surface area (Å²) in [6.07, 6.45) is 1.48. The number of fused-ring (bicyclic) bond motifs is 2. The monoisotopic (exact) mass is 459 g/mol. The lowest BCUT2D eigenvalue weighted by Gasteiger charge is -2.34. The number of thiazole rings is 1. The number of aryl methyl sites for hydroxylation is 1. The number of anilines is 1. The van der Waals surface area contributed by atoms with Crippen molar-refractivity contribution in [1.29, 1.82) is 0 Å². The van der Waals surface area contributed by atoms with Crippen LogP contribution in [0.15, 0.2) is 42.2 Å². The molecule has 4 heterocycles. The van der Waals surface area contributed by atoms with Crippen molar-refractivity contribution in [2.24, 2.45) is 5.92 Å². The van der Waals surface area contributed by atoms with Gasteiger partial charge >= 0.3 is 6.18 Å². The highest BCUT2D eigenvalue weighted by Crippen LogP contribution is 2.40. The minimum absolute atomic E-state index is 0.0659.